The molecule has 0 aliphatic rings. The van der Waals surface area contributed by atoms with Gasteiger partial charge in [0, 0.05) is 10.2 Å². The third kappa shape index (κ3) is 6.25. The average molecular weight is 367 g/mol. The van der Waals surface area contributed by atoms with Crippen molar-refractivity contribution in [3.63, 3.8) is 0 Å². The van der Waals surface area contributed by atoms with E-state index in [0.717, 1.165) is 46.8 Å². The van der Waals surface area contributed by atoms with Crippen LogP contribution in [0.1, 0.15) is 81.6 Å². The van der Waals surface area contributed by atoms with Gasteiger partial charge in [0.05, 0.1) is 0 Å². The highest BCUT2D eigenvalue weighted by Gasteiger charge is 2.29. The molecule has 1 rings (SSSR count). The molecule has 0 spiro atoms. The molecule has 1 aromatic rings. The van der Waals surface area contributed by atoms with E-state index in [2.05, 4.69) is 68.4 Å². The summed E-state index contributed by atoms with van der Waals surface area (Å²) in [4.78, 5) is 0. The van der Waals surface area contributed by atoms with Crippen LogP contribution in [0.25, 0.3) is 0 Å². The Bertz CT molecular complexity index is 577. The van der Waals surface area contributed by atoms with Gasteiger partial charge in [-0.15, -0.1) is 0 Å². The van der Waals surface area contributed by atoms with Gasteiger partial charge < -0.3 is 14.2 Å². The van der Waals surface area contributed by atoms with Crippen LogP contribution >= 0.6 is 0 Å². The van der Waals surface area contributed by atoms with Crippen molar-refractivity contribution in [1.29, 1.82) is 0 Å². The van der Waals surface area contributed by atoms with Gasteiger partial charge in [0.2, 0.25) is 5.75 Å². The molecule has 4 heteroatoms. The Kier molecular flexibility index (Phi) is 7.02. The van der Waals surface area contributed by atoms with E-state index in [4.69, 9.17) is 14.2 Å². The monoisotopic (exact) mass is 366 g/mol. The van der Waals surface area contributed by atoms with Gasteiger partial charge in [-0.2, -0.15) is 0 Å². The van der Waals surface area contributed by atoms with Crippen molar-refractivity contribution in [3.8, 4) is 17.2 Å². The molecular formula is C21H38O3Si. The SMILES string of the molecule is CCC(C)(C)Oc1ccc([SiH3])c(OC(C)(C)CC)c1OC(C)(C)CC. The second-order valence-electron chi connectivity index (χ2n) is 8.68. The molecule has 0 aliphatic heterocycles. The lowest BCUT2D eigenvalue weighted by Crippen LogP contribution is -2.33. The number of rotatable bonds is 9. The fourth-order valence-corrected chi connectivity index (χ4v) is 2.51. The van der Waals surface area contributed by atoms with Crippen LogP contribution < -0.4 is 19.4 Å². The maximum absolute atomic E-state index is 6.45. The highest BCUT2D eigenvalue weighted by Crippen LogP contribution is 2.42. The lowest BCUT2D eigenvalue weighted by Gasteiger charge is -2.34. The summed E-state index contributed by atoms with van der Waals surface area (Å²) in [5.41, 5.74) is -0.774. The van der Waals surface area contributed by atoms with Crippen LogP contribution in [-0.4, -0.2) is 27.0 Å². The summed E-state index contributed by atoms with van der Waals surface area (Å²) in [7, 11) is 0.893. The largest absolute Gasteiger partial charge is 0.484 e. The molecule has 0 saturated carbocycles. The van der Waals surface area contributed by atoms with Gasteiger partial charge in [-0.05, 0) is 72.1 Å². The second-order valence-corrected chi connectivity index (χ2v) is 9.76. The minimum atomic E-state index is -0.279. The van der Waals surface area contributed by atoms with Crippen molar-refractivity contribution in [2.45, 2.75) is 98.4 Å². The van der Waals surface area contributed by atoms with Crippen LogP contribution in [0.3, 0.4) is 0 Å². The minimum absolute atomic E-state index is 0.244. The molecule has 0 amide bonds. The van der Waals surface area contributed by atoms with Gasteiger partial charge in [-0.25, -0.2) is 0 Å². The smallest absolute Gasteiger partial charge is 0.204 e. The average Bonchev–Trinajstić information content (AvgIpc) is 2.53. The Hall–Kier alpha value is -1.16. The molecule has 0 saturated heterocycles. The Morgan fingerprint density at radius 2 is 1.08 bits per heavy atom. The lowest BCUT2D eigenvalue weighted by molar-refractivity contribution is 0.0567. The zero-order valence-corrected chi connectivity index (χ0v) is 20.0. The van der Waals surface area contributed by atoms with Crippen LogP contribution in [0, 0.1) is 0 Å². The third-order valence-corrected chi connectivity index (χ3v) is 5.76. The van der Waals surface area contributed by atoms with Crippen LogP contribution in [0.2, 0.25) is 0 Å². The molecular weight excluding hydrogens is 328 g/mol. The zero-order chi connectivity index (χ0) is 19.5. The zero-order valence-electron chi connectivity index (χ0n) is 18.0. The van der Waals surface area contributed by atoms with Gasteiger partial charge in [0.1, 0.15) is 16.8 Å². The summed E-state index contributed by atoms with van der Waals surface area (Å²) >= 11 is 0. The number of hydrogen-bond donors (Lipinski definition) is 0. The number of hydrogen-bond acceptors (Lipinski definition) is 3. The Labute approximate surface area is 157 Å². The molecule has 0 unspecified atom stereocenters. The molecule has 25 heavy (non-hydrogen) atoms. The summed E-state index contributed by atoms with van der Waals surface area (Å²) in [6.07, 6.45) is 2.75. The molecule has 0 atom stereocenters. The van der Waals surface area contributed by atoms with Crippen molar-refractivity contribution in [2.24, 2.45) is 0 Å². The first-order valence-corrected chi connectivity index (χ1v) is 10.6. The highest BCUT2D eigenvalue weighted by atomic mass is 28.1. The van der Waals surface area contributed by atoms with E-state index in [1.807, 2.05) is 6.07 Å². The van der Waals surface area contributed by atoms with Gasteiger partial charge >= 0.3 is 0 Å². The van der Waals surface area contributed by atoms with Gasteiger partial charge in [-0.1, -0.05) is 26.8 Å². The van der Waals surface area contributed by atoms with E-state index < -0.39 is 0 Å². The first-order valence-electron chi connectivity index (χ1n) is 9.57. The molecule has 0 heterocycles. The van der Waals surface area contributed by atoms with Gasteiger partial charge in [-0.3, -0.25) is 0 Å². The predicted molar refractivity (Wildman–Crippen MR) is 111 cm³/mol. The molecule has 144 valence electrons. The first-order chi connectivity index (χ1) is 11.4. The summed E-state index contributed by atoms with van der Waals surface area (Å²) < 4.78 is 19.2. The molecule has 0 bridgehead atoms. The fourth-order valence-electron chi connectivity index (χ4n) is 2.01. The normalized spacial score (nSPS) is 13.0. The molecule has 0 N–H and O–H groups in total. The third-order valence-electron chi connectivity index (χ3n) is 4.97. The number of benzene rings is 1. The van der Waals surface area contributed by atoms with E-state index in [-0.39, 0.29) is 16.8 Å². The van der Waals surface area contributed by atoms with E-state index in [0.29, 0.717) is 0 Å². The topological polar surface area (TPSA) is 27.7 Å². The van der Waals surface area contributed by atoms with Crippen LogP contribution in [0.5, 0.6) is 17.2 Å². The molecule has 0 aromatic heterocycles. The first kappa shape index (κ1) is 21.9. The fraction of sp³-hybridized carbons (Fsp3) is 0.714. The maximum Gasteiger partial charge on any atom is 0.204 e. The maximum atomic E-state index is 6.45. The van der Waals surface area contributed by atoms with Crippen molar-refractivity contribution in [2.75, 3.05) is 0 Å². The van der Waals surface area contributed by atoms with E-state index >= 15 is 0 Å². The van der Waals surface area contributed by atoms with E-state index in [1.54, 1.807) is 0 Å². The summed E-state index contributed by atoms with van der Waals surface area (Å²) in [6, 6.07) is 4.15. The lowest BCUT2D eigenvalue weighted by atomic mass is 10.1. The second kappa shape index (κ2) is 8.03. The molecule has 0 fully saturated rings. The summed E-state index contributed by atoms with van der Waals surface area (Å²) in [5, 5.41) is 1.20. The summed E-state index contributed by atoms with van der Waals surface area (Å²) in [6.45, 7) is 19.1. The van der Waals surface area contributed by atoms with Crippen LogP contribution in [0.4, 0.5) is 0 Å². The molecule has 0 aliphatic carbocycles. The Morgan fingerprint density at radius 3 is 1.52 bits per heavy atom. The van der Waals surface area contributed by atoms with Gasteiger partial charge in [0.25, 0.3) is 0 Å². The molecule has 1 aromatic carbocycles. The van der Waals surface area contributed by atoms with Gasteiger partial charge in [0.15, 0.2) is 11.5 Å². The number of ether oxygens (including phenoxy) is 3. The predicted octanol–water partition coefficient (Wildman–Crippen LogP) is 4.38. The highest BCUT2D eigenvalue weighted by molar-refractivity contribution is 6.34. The van der Waals surface area contributed by atoms with Crippen molar-refractivity contribution < 1.29 is 14.2 Å². The molecule has 3 nitrogen and oxygen atoms in total. The Morgan fingerprint density at radius 1 is 0.680 bits per heavy atom. The van der Waals surface area contributed by atoms with E-state index in [9.17, 15) is 0 Å². The van der Waals surface area contributed by atoms with Crippen LogP contribution in [-0.2, 0) is 0 Å². The standard InChI is InChI=1S/C21H38O3Si/c1-10-19(4,5)22-15-13-14-16(25)18(24-21(8,9)12-3)17(15)23-20(6,7)11-2/h13-14H,10-12H2,1-9,25H3. The van der Waals surface area contributed by atoms with Crippen molar-refractivity contribution in [1.82, 2.24) is 0 Å². The summed E-state index contributed by atoms with van der Waals surface area (Å²) in [5.74, 6) is 2.38. The quantitative estimate of drug-likeness (QED) is 0.607. The minimum Gasteiger partial charge on any atom is -0.484 e. The molecule has 0 radical (unpaired) electrons. The van der Waals surface area contributed by atoms with E-state index in [1.165, 1.54) is 5.19 Å². The van der Waals surface area contributed by atoms with Crippen LogP contribution in [0.15, 0.2) is 12.1 Å². The van der Waals surface area contributed by atoms with Crippen molar-refractivity contribution >= 4 is 15.4 Å². The van der Waals surface area contributed by atoms with Crippen molar-refractivity contribution in [3.05, 3.63) is 12.1 Å². The Balaban J connectivity index is 3.47.